The fourth-order valence-corrected chi connectivity index (χ4v) is 7.77. The molecule has 0 spiro atoms. The predicted molar refractivity (Wildman–Crippen MR) is 228 cm³/mol. The monoisotopic (exact) mass is 689 g/mol. The average molecular weight is 690 g/mol. The van der Waals surface area contributed by atoms with Gasteiger partial charge in [0.15, 0.2) is 0 Å². The van der Waals surface area contributed by atoms with Crippen LogP contribution in [0.2, 0.25) is 0 Å². The summed E-state index contributed by atoms with van der Waals surface area (Å²) in [6.45, 7) is 0. The van der Waals surface area contributed by atoms with E-state index in [0.29, 0.717) is 0 Å². The minimum atomic E-state index is 0.862. The number of hydrogen-bond donors (Lipinski definition) is 0. The summed E-state index contributed by atoms with van der Waals surface area (Å²) in [4.78, 5) is 2.42. The van der Waals surface area contributed by atoms with E-state index in [1.165, 1.54) is 38.6 Å². The maximum atomic E-state index is 6.46. The van der Waals surface area contributed by atoms with Crippen LogP contribution in [0.4, 0.5) is 17.1 Å². The minimum absolute atomic E-state index is 0.862. The quantitative estimate of drug-likeness (QED) is 0.166. The van der Waals surface area contributed by atoms with E-state index in [1.54, 1.807) is 0 Å². The third-order valence-corrected chi connectivity index (χ3v) is 10.5. The molecule has 0 unspecified atom stereocenters. The smallest absolute Gasteiger partial charge is 0.137 e. The van der Waals surface area contributed by atoms with Crippen molar-refractivity contribution < 1.29 is 4.42 Å². The number of hydrogen-bond acceptors (Lipinski definition) is 2. The van der Waals surface area contributed by atoms with Crippen molar-refractivity contribution in [1.29, 1.82) is 0 Å². The lowest BCUT2D eigenvalue weighted by atomic mass is 9.95. The Hall–Kier alpha value is -7.16. The van der Waals surface area contributed by atoms with E-state index >= 15 is 0 Å². The number of rotatable bonds is 7. The van der Waals surface area contributed by atoms with Gasteiger partial charge in [-0.3, -0.25) is 0 Å². The van der Waals surface area contributed by atoms with Crippen LogP contribution in [0.3, 0.4) is 0 Å². The Balaban J connectivity index is 1.17. The number of nitrogens with zero attached hydrogens (tertiary/aromatic N) is 1. The molecule has 1 heterocycles. The number of benzene rings is 9. The van der Waals surface area contributed by atoms with Crippen molar-refractivity contribution in [3.63, 3.8) is 0 Å². The van der Waals surface area contributed by atoms with Crippen LogP contribution in [-0.2, 0) is 0 Å². The first-order valence-corrected chi connectivity index (χ1v) is 18.4. The first kappa shape index (κ1) is 31.6. The van der Waals surface area contributed by atoms with E-state index in [1.807, 2.05) is 6.07 Å². The second kappa shape index (κ2) is 13.4. The molecule has 10 rings (SSSR count). The Morgan fingerprint density at radius 3 is 1.59 bits per heavy atom. The molecule has 0 amide bonds. The zero-order valence-corrected chi connectivity index (χ0v) is 29.6. The van der Waals surface area contributed by atoms with Crippen molar-refractivity contribution in [2.45, 2.75) is 0 Å². The summed E-state index contributed by atoms with van der Waals surface area (Å²) in [5.41, 5.74) is 14.3. The molecular weight excluding hydrogens is 655 g/mol. The lowest BCUT2D eigenvalue weighted by Crippen LogP contribution is -2.12. The second-order valence-electron chi connectivity index (χ2n) is 13.7. The van der Waals surface area contributed by atoms with Crippen LogP contribution in [0, 0.1) is 0 Å². The molecule has 0 saturated heterocycles. The third-order valence-electron chi connectivity index (χ3n) is 10.5. The summed E-state index contributed by atoms with van der Waals surface area (Å²) in [5.74, 6) is 0. The van der Waals surface area contributed by atoms with Crippen LogP contribution in [0.15, 0.2) is 217 Å². The number of fused-ring (bicyclic) bond motifs is 4. The molecule has 0 aliphatic carbocycles. The standard InChI is InChI=1S/C52H35NO/c1-3-12-36(13-4-1)38-22-24-39(25-23-38)40-28-31-45(32-29-40)53(48-19-11-21-51-52(48)47-18-9-10-20-50(47)54-51)49-35-44(30-33-46(49)41-15-5-2-6-16-41)43-27-26-37-14-7-8-17-42(37)34-43/h1-35H. The number of anilines is 3. The number of furan rings is 1. The topological polar surface area (TPSA) is 16.4 Å². The molecule has 0 atom stereocenters. The van der Waals surface area contributed by atoms with Crippen LogP contribution in [-0.4, -0.2) is 0 Å². The lowest BCUT2D eigenvalue weighted by molar-refractivity contribution is 0.669. The highest BCUT2D eigenvalue weighted by molar-refractivity contribution is 6.14. The molecule has 2 nitrogen and oxygen atoms in total. The minimum Gasteiger partial charge on any atom is -0.456 e. The second-order valence-corrected chi connectivity index (χ2v) is 13.7. The Bertz CT molecular complexity index is 2910. The molecule has 0 radical (unpaired) electrons. The van der Waals surface area contributed by atoms with Gasteiger partial charge in [0.05, 0.1) is 16.8 Å². The fourth-order valence-electron chi connectivity index (χ4n) is 7.77. The van der Waals surface area contributed by atoms with Crippen molar-refractivity contribution in [3.05, 3.63) is 212 Å². The maximum Gasteiger partial charge on any atom is 0.137 e. The molecule has 1 aromatic heterocycles. The maximum absolute atomic E-state index is 6.46. The van der Waals surface area contributed by atoms with Gasteiger partial charge in [0.2, 0.25) is 0 Å². The zero-order valence-electron chi connectivity index (χ0n) is 29.6. The summed E-state index contributed by atoms with van der Waals surface area (Å²) in [5, 5.41) is 4.64. The average Bonchev–Trinajstić information content (AvgIpc) is 3.64. The van der Waals surface area contributed by atoms with Crippen molar-refractivity contribution in [2.75, 3.05) is 4.90 Å². The van der Waals surface area contributed by atoms with Gasteiger partial charge in [0, 0.05) is 16.6 Å². The summed E-state index contributed by atoms with van der Waals surface area (Å²) in [6, 6.07) is 76.0. The largest absolute Gasteiger partial charge is 0.456 e. The molecule has 0 aliphatic rings. The molecule has 0 N–H and O–H groups in total. The third kappa shape index (κ3) is 5.71. The Morgan fingerprint density at radius 1 is 0.315 bits per heavy atom. The Labute approximate surface area is 314 Å². The molecule has 0 saturated carbocycles. The van der Waals surface area contributed by atoms with Gasteiger partial charge in [-0.1, -0.05) is 170 Å². The van der Waals surface area contributed by atoms with E-state index in [-0.39, 0.29) is 0 Å². The van der Waals surface area contributed by atoms with Gasteiger partial charge >= 0.3 is 0 Å². The van der Waals surface area contributed by atoms with Gasteiger partial charge in [-0.2, -0.15) is 0 Å². The van der Waals surface area contributed by atoms with Gasteiger partial charge in [-0.25, -0.2) is 0 Å². The summed E-state index contributed by atoms with van der Waals surface area (Å²) in [7, 11) is 0. The van der Waals surface area contributed by atoms with Gasteiger partial charge in [0.25, 0.3) is 0 Å². The van der Waals surface area contributed by atoms with E-state index in [4.69, 9.17) is 4.42 Å². The molecule has 0 fully saturated rings. The van der Waals surface area contributed by atoms with Gasteiger partial charge < -0.3 is 9.32 Å². The number of para-hydroxylation sites is 1. The lowest BCUT2D eigenvalue weighted by Gasteiger charge is -2.29. The van der Waals surface area contributed by atoms with E-state index in [9.17, 15) is 0 Å². The van der Waals surface area contributed by atoms with Gasteiger partial charge in [0.1, 0.15) is 11.2 Å². The highest BCUT2D eigenvalue weighted by Gasteiger charge is 2.23. The van der Waals surface area contributed by atoms with Crippen molar-refractivity contribution in [3.8, 4) is 44.5 Å². The zero-order chi connectivity index (χ0) is 35.8. The van der Waals surface area contributed by atoms with E-state index in [0.717, 1.165) is 55.7 Å². The first-order chi connectivity index (χ1) is 26.8. The predicted octanol–water partition coefficient (Wildman–Crippen LogP) is 14.9. The van der Waals surface area contributed by atoms with E-state index in [2.05, 4.69) is 211 Å². The SMILES string of the molecule is c1ccc(-c2ccc(-c3ccc(N(c4cc(-c5ccc6ccccc6c5)ccc4-c4ccccc4)c4cccc5oc6ccccc6c45)cc3)cc2)cc1. The van der Waals surface area contributed by atoms with Crippen LogP contribution in [0.25, 0.3) is 77.2 Å². The fraction of sp³-hybridized carbons (Fsp3) is 0. The highest BCUT2D eigenvalue weighted by atomic mass is 16.3. The molecule has 10 aromatic rings. The first-order valence-electron chi connectivity index (χ1n) is 18.4. The van der Waals surface area contributed by atoms with Crippen LogP contribution < -0.4 is 4.90 Å². The molecule has 0 bridgehead atoms. The Morgan fingerprint density at radius 2 is 0.852 bits per heavy atom. The molecule has 0 aliphatic heterocycles. The molecule has 2 heteroatoms. The molecular formula is C52H35NO. The van der Waals surface area contributed by atoms with Gasteiger partial charge in [-0.05, 0) is 92.2 Å². The molecule has 54 heavy (non-hydrogen) atoms. The van der Waals surface area contributed by atoms with Crippen LogP contribution in [0.1, 0.15) is 0 Å². The summed E-state index contributed by atoms with van der Waals surface area (Å²) < 4.78 is 6.46. The van der Waals surface area contributed by atoms with E-state index < -0.39 is 0 Å². The van der Waals surface area contributed by atoms with Crippen molar-refractivity contribution in [1.82, 2.24) is 0 Å². The van der Waals surface area contributed by atoms with Crippen molar-refractivity contribution in [2.24, 2.45) is 0 Å². The summed E-state index contributed by atoms with van der Waals surface area (Å²) in [6.07, 6.45) is 0. The van der Waals surface area contributed by atoms with Crippen LogP contribution >= 0.6 is 0 Å². The van der Waals surface area contributed by atoms with Gasteiger partial charge in [-0.15, -0.1) is 0 Å². The summed E-state index contributed by atoms with van der Waals surface area (Å²) >= 11 is 0. The molecule has 254 valence electrons. The Kier molecular flexibility index (Phi) is 7.85. The highest BCUT2D eigenvalue weighted by Crippen LogP contribution is 2.47. The normalized spacial score (nSPS) is 11.3. The van der Waals surface area contributed by atoms with Crippen molar-refractivity contribution >= 4 is 49.8 Å². The molecule has 9 aromatic carbocycles. The van der Waals surface area contributed by atoms with Crippen LogP contribution in [0.5, 0.6) is 0 Å².